The minimum Gasteiger partial charge on any atom is -0.351 e. The van der Waals surface area contributed by atoms with Crippen LogP contribution in [0.5, 0.6) is 0 Å². The van der Waals surface area contributed by atoms with E-state index in [1.54, 1.807) is 12.1 Å². The lowest BCUT2D eigenvalue weighted by atomic mass is 10.1. The molecule has 0 radical (unpaired) electrons. The summed E-state index contributed by atoms with van der Waals surface area (Å²) in [6.07, 6.45) is 0. The molecule has 0 saturated carbocycles. The Kier molecular flexibility index (Phi) is 4.22. The van der Waals surface area contributed by atoms with Gasteiger partial charge in [0.15, 0.2) is 5.65 Å². The van der Waals surface area contributed by atoms with E-state index in [-0.39, 0.29) is 5.91 Å². The molecule has 0 saturated heterocycles. The number of halogens is 1. The van der Waals surface area contributed by atoms with Gasteiger partial charge in [-0.2, -0.15) is 0 Å². The van der Waals surface area contributed by atoms with Gasteiger partial charge in [-0.1, -0.05) is 29.8 Å². The Morgan fingerprint density at radius 2 is 2.00 bits per heavy atom. The number of aromatic amines is 1. The Morgan fingerprint density at radius 3 is 2.81 bits per heavy atom. The van der Waals surface area contributed by atoms with Gasteiger partial charge in [-0.3, -0.25) is 4.79 Å². The van der Waals surface area contributed by atoms with Crippen molar-refractivity contribution in [3.05, 3.63) is 47.0 Å². The molecule has 4 aromatic rings. The van der Waals surface area contributed by atoms with Gasteiger partial charge >= 0.3 is 0 Å². The van der Waals surface area contributed by atoms with E-state index in [0.29, 0.717) is 33.8 Å². The average Bonchev–Trinajstić information content (AvgIpc) is 2.96. The van der Waals surface area contributed by atoms with Gasteiger partial charge in [0, 0.05) is 29.0 Å². The molecule has 0 unspecified atom stereocenters. The molecule has 4 rings (SSSR count). The van der Waals surface area contributed by atoms with Crippen LogP contribution in [0.4, 0.5) is 0 Å². The normalized spacial score (nSPS) is 11.7. The zero-order valence-electron chi connectivity index (χ0n) is 14.5. The van der Waals surface area contributed by atoms with Crippen LogP contribution in [0.2, 0.25) is 5.02 Å². The molecule has 2 aromatic carbocycles. The Balaban J connectivity index is 1.85. The fourth-order valence-electron chi connectivity index (χ4n) is 2.99. The summed E-state index contributed by atoms with van der Waals surface area (Å²) in [6, 6.07) is 11.3. The number of hydrogen-bond acceptors (Lipinski definition) is 4. The lowest BCUT2D eigenvalue weighted by molar-refractivity contribution is 0.0952. The number of amides is 1. The molecule has 132 valence electrons. The van der Waals surface area contributed by atoms with Crippen molar-refractivity contribution in [1.82, 2.24) is 25.2 Å². The number of carbonyl (C=O) groups excluding carboxylic acids is 1. The highest BCUT2D eigenvalue weighted by molar-refractivity contribution is 6.32. The summed E-state index contributed by atoms with van der Waals surface area (Å²) in [4.78, 5) is 27.3. The Bertz CT molecular complexity index is 1140. The van der Waals surface area contributed by atoms with Gasteiger partial charge in [-0.25, -0.2) is 9.97 Å². The smallest absolute Gasteiger partial charge is 0.253 e. The van der Waals surface area contributed by atoms with Crippen LogP contribution in [0.25, 0.3) is 33.1 Å². The standard InChI is InChI=1S/C19H18ClN5O/c1-25(2)8-7-21-19(26)13-9-11(20)10-15-16(13)24-18-17(22-15)12-5-3-4-6-14(12)23-18/h3-6,9-10H,7-8H2,1-2H3,(H,21,26)(H,23,24). The molecule has 2 aromatic heterocycles. The van der Waals surface area contributed by atoms with Gasteiger partial charge in [0.1, 0.15) is 11.0 Å². The highest BCUT2D eigenvalue weighted by Crippen LogP contribution is 2.27. The van der Waals surface area contributed by atoms with Crippen molar-refractivity contribution < 1.29 is 4.79 Å². The minimum absolute atomic E-state index is 0.205. The van der Waals surface area contributed by atoms with E-state index in [1.807, 2.05) is 43.3 Å². The predicted octanol–water partition coefficient (Wildman–Crippen LogP) is 3.21. The number of rotatable bonds is 4. The molecule has 6 nitrogen and oxygen atoms in total. The van der Waals surface area contributed by atoms with Crippen molar-refractivity contribution in [2.45, 2.75) is 0 Å². The number of benzene rings is 2. The number of carbonyl (C=O) groups is 1. The summed E-state index contributed by atoms with van der Waals surface area (Å²) in [7, 11) is 3.91. The van der Waals surface area contributed by atoms with Crippen molar-refractivity contribution >= 4 is 50.6 Å². The van der Waals surface area contributed by atoms with Crippen molar-refractivity contribution in [2.75, 3.05) is 27.2 Å². The van der Waals surface area contributed by atoms with Crippen LogP contribution in [0, 0.1) is 0 Å². The molecule has 0 aliphatic carbocycles. The lowest BCUT2D eigenvalue weighted by Crippen LogP contribution is -2.31. The van der Waals surface area contributed by atoms with Crippen LogP contribution in [0.15, 0.2) is 36.4 Å². The number of H-pyrrole nitrogens is 1. The second-order valence-electron chi connectivity index (χ2n) is 6.47. The van der Waals surface area contributed by atoms with E-state index in [0.717, 1.165) is 23.0 Å². The predicted molar refractivity (Wildman–Crippen MR) is 105 cm³/mol. The van der Waals surface area contributed by atoms with Crippen molar-refractivity contribution in [1.29, 1.82) is 0 Å². The van der Waals surface area contributed by atoms with E-state index in [1.165, 1.54) is 0 Å². The maximum absolute atomic E-state index is 12.6. The first-order valence-corrected chi connectivity index (χ1v) is 8.71. The molecule has 1 amide bonds. The maximum Gasteiger partial charge on any atom is 0.253 e. The summed E-state index contributed by atoms with van der Waals surface area (Å²) in [5, 5.41) is 4.36. The number of fused-ring (bicyclic) bond motifs is 4. The Labute approximate surface area is 155 Å². The van der Waals surface area contributed by atoms with Gasteiger partial charge in [0.2, 0.25) is 0 Å². The zero-order chi connectivity index (χ0) is 18.3. The van der Waals surface area contributed by atoms with Crippen LogP contribution < -0.4 is 5.32 Å². The minimum atomic E-state index is -0.205. The van der Waals surface area contributed by atoms with Gasteiger partial charge in [0.05, 0.1) is 11.1 Å². The second kappa shape index (κ2) is 6.55. The van der Waals surface area contributed by atoms with Crippen molar-refractivity contribution in [3.8, 4) is 0 Å². The molecule has 0 aliphatic rings. The summed E-state index contributed by atoms with van der Waals surface area (Å²) in [5.41, 5.74) is 3.96. The molecule has 2 heterocycles. The van der Waals surface area contributed by atoms with Gasteiger partial charge < -0.3 is 15.2 Å². The third kappa shape index (κ3) is 2.98. The number of nitrogens with zero attached hydrogens (tertiary/aromatic N) is 3. The number of para-hydroxylation sites is 1. The summed E-state index contributed by atoms with van der Waals surface area (Å²) in [6.45, 7) is 1.30. The highest BCUT2D eigenvalue weighted by atomic mass is 35.5. The van der Waals surface area contributed by atoms with E-state index >= 15 is 0 Å². The van der Waals surface area contributed by atoms with Crippen molar-refractivity contribution in [2.24, 2.45) is 0 Å². The molecular weight excluding hydrogens is 350 g/mol. The third-order valence-corrected chi connectivity index (χ3v) is 4.48. The zero-order valence-corrected chi connectivity index (χ0v) is 15.3. The molecule has 0 spiro atoms. The molecule has 7 heteroatoms. The van der Waals surface area contributed by atoms with Crippen LogP contribution in [0.1, 0.15) is 10.4 Å². The first-order valence-electron chi connectivity index (χ1n) is 8.33. The first-order chi connectivity index (χ1) is 12.5. The van der Waals surface area contributed by atoms with Gasteiger partial charge in [-0.15, -0.1) is 0 Å². The molecular formula is C19H18ClN5O. The summed E-state index contributed by atoms with van der Waals surface area (Å²) < 4.78 is 0. The number of likely N-dealkylation sites (N-methyl/N-ethyl adjacent to an activating group) is 1. The van der Waals surface area contributed by atoms with Gasteiger partial charge in [-0.05, 0) is 32.3 Å². The number of hydrogen-bond donors (Lipinski definition) is 2. The largest absolute Gasteiger partial charge is 0.351 e. The average molecular weight is 368 g/mol. The lowest BCUT2D eigenvalue weighted by Gasteiger charge is -2.11. The Hall–Kier alpha value is -2.70. The topological polar surface area (TPSA) is 73.9 Å². The fraction of sp³-hybridized carbons (Fsp3) is 0.211. The highest BCUT2D eigenvalue weighted by Gasteiger charge is 2.16. The molecule has 0 aliphatic heterocycles. The second-order valence-corrected chi connectivity index (χ2v) is 6.91. The van der Waals surface area contributed by atoms with E-state index in [2.05, 4.69) is 15.3 Å². The first kappa shape index (κ1) is 16.8. The van der Waals surface area contributed by atoms with Crippen LogP contribution in [-0.2, 0) is 0 Å². The quantitative estimate of drug-likeness (QED) is 0.581. The summed E-state index contributed by atoms with van der Waals surface area (Å²) >= 11 is 6.23. The van der Waals surface area contributed by atoms with Crippen LogP contribution in [-0.4, -0.2) is 52.9 Å². The number of aromatic nitrogens is 3. The van der Waals surface area contributed by atoms with E-state index in [9.17, 15) is 4.79 Å². The van der Waals surface area contributed by atoms with Crippen LogP contribution in [0.3, 0.4) is 0 Å². The monoisotopic (exact) mass is 367 g/mol. The number of nitrogens with one attached hydrogen (secondary N) is 2. The molecule has 0 atom stereocenters. The maximum atomic E-state index is 12.6. The molecule has 2 N–H and O–H groups in total. The molecule has 26 heavy (non-hydrogen) atoms. The van der Waals surface area contributed by atoms with Crippen molar-refractivity contribution in [3.63, 3.8) is 0 Å². The third-order valence-electron chi connectivity index (χ3n) is 4.26. The fourth-order valence-corrected chi connectivity index (χ4v) is 3.20. The van der Waals surface area contributed by atoms with Crippen LogP contribution >= 0.6 is 11.6 Å². The van der Waals surface area contributed by atoms with E-state index < -0.39 is 0 Å². The summed E-state index contributed by atoms with van der Waals surface area (Å²) in [5.74, 6) is -0.205. The molecule has 0 fully saturated rings. The SMILES string of the molecule is CN(C)CCNC(=O)c1cc(Cl)cc2nc3c(nc12)[nH]c1ccccc13. The Morgan fingerprint density at radius 1 is 1.19 bits per heavy atom. The van der Waals surface area contributed by atoms with E-state index in [4.69, 9.17) is 16.6 Å². The van der Waals surface area contributed by atoms with Gasteiger partial charge in [0.25, 0.3) is 5.91 Å². The molecule has 0 bridgehead atoms.